The summed E-state index contributed by atoms with van der Waals surface area (Å²) < 4.78 is 44.6. The largest absolute Gasteiger partial charge is 0.490 e. The SMILES string of the molecule is C=CC(=O)N1CCn2nc(-c3nc(-c4cnc5c(c4)CN(CC(=O)N(C)C)CC5)c4ccsc4c3-c3c(F)cc(F)cc3OCCOC)cc2[C@H]1C. The first-order chi connectivity index (χ1) is 25.1. The predicted molar refractivity (Wildman–Crippen MR) is 195 cm³/mol. The topological polar surface area (TPSA) is 106 Å². The standard InChI is InChI=1S/C38H39F2N7O4S/c1-6-32(48)46-10-11-47-30(22(46)2)18-29(43-47)37-35(34-27(40)16-25(39)17-31(34)51-13-12-50-5)38-26(8-14-52-38)36(42-37)23-15-24-20-45(21-33(49)44(3)4)9-7-28(24)41-19-23/h6,8,14-19,22H,1,7,9-13,20-21H2,2-5H3/t22-/m1/s1. The second-order valence-electron chi connectivity index (χ2n) is 13.1. The number of methoxy groups -OCH3 is 1. The summed E-state index contributed by atoms with van der Waals surface area (Å²) in [5.74, 6) is -1.72. The summed E-state index contributed by atoms with van der Waals surface area (Å²) in [4.78, 5) is 40.7. The van der Waals surface area contributed by atoms with E-state index in [9.17, 15) is 14.0 Å². The van der Waals surface area contributed by atoms with Crippen LogP contribution in [0.3, 0.4) is 0 Å². The van der Waals surface area contributed by atoms with Crippen molar-refractivity contribution in [1.82, 2.24) is 34.4 Å². The van der Waals surface area contributed by atoms with E-state index in [1.54, 1.807) is 30.1 Å². The van der Waals surface area contributed by atoms with Gasteiger partial charge in [-0.05, 0) is 42.1 Å². The molecule has 6 heterocycles. The van der Waals surface area contributed by atoms with Crippen LogP contribution >= 0.6 is 11.3 Å². The molecule has 5 aromatic rings. The normalized spacial score (nSPS) is 15.7. The van der Waals surface area contributed by atoms with E-state index in [0.29, 0.717) is 59.9 Å². The first kappa shape index (κ1) is 35.4. The number of nitrogens with zero attached hydrogens (tertiary/aromatic N) is 7. The van der Waals surface area contributed by atoms with Crippen LogP contribution in [0.1, 0.15) is 29.9 Å². The summed E-state index contributed by atoms with van der Waals surface area (Å²) in [7, 11) is 5.02. The second-order valence-corrected chi connectivity index (χ2v) is 14.0. The molecule has 0 fully saturated rings. The summed E-state index contributed by atoms with van der Waals surface area (Å²) in [5.41, 5.74) is 5.46. The average Bonchev–Trinajstić information content (AvgIpc) is 3.79. The molecule has 0 N–H and O–H groups in total. The van der Waals surface area contributed by atoms with Gasteiger partial charge in [0.2, 0.25) is 11.8 Å². The number of benzene rings is 1. The number of carbonyl (C=O) groups excluding carboxylic acids is 2. The van der Waals surface area contributed by atoms with Gasteiger partial charge in [0.05, 0.1) is 42.7 Å². The van der Waals surface area contributed by atoms with Gasteiger partial charge in [0.1, 0.15) is 35.4 Å². The lowest BCUT2D eigenvalue weighted by atomic mass is 9.95. The minimum absolute atomic E-state index is 0.0166. The van der Waals surface area contributed by atoms with Gasteiger partial charge in [-0.25, -0.2) is 13.8 Å². The maximum atomic E-state index is 16.2. The summed E-state index contributed by atoms with van der Waals surface area (Å²) >= 11 is 1.41. The molecule has 0 bridgehead atoms. The maximum absolute atomic E-state index is 16.2. The van der Waals surface area contributed by atoms with E-state index in [1.807, 2.05) is 29.1 Å². The molecule has 4 aromatic heterocycles. The van der Waals surface area contributed by atoms with Gasteiger partial charge in [-0.2, -0.15) is 5.10 Å². The smallest absolute Gasteiger partial charge is 0.246 e. The Morgan fingerprint density at radius 1 is 1.10 bits per heavy atom. The summed E-state index contributed by atoms with van der Waals surface area (Å²) in [6.07, 6.45) is 3.81. The van der Waals surface area contributed by atoms with Crippen molar-refractivity contribution in [3.63, 3.8) is 0 Å². The molecule has 2 aliphatic heterocycles. The number of amides is 2. The molecular weight excluding hydrogens is 689 g/mol. The van der Waals surface area contributed by atoms with Crippen LogP contribution in [0.2, 0.25) is 0 Å². The van der Waals surface area contributed by atoms with Gasteiger partial charge >= 0.3 is 0 Å². The molecule has 0 saturated heterocycles. The number of carbonyl (C=O) groups is 2. The summed E-state index contributed by atoms with van der Waals surface area (Å²) in [6.45, 7) is 8.35. The summed E-state index contributed by atoms with van der Waals surface area (Å²) in [6, 6.07) is 7.58. The van der Waals surface area contributed by atoms with Crippen LogP contribution in [0, 0.1) is 11.6 Å². The number of thiophene rings is 1. The highest BCUT2D eigenvalue weighted by atomic mass is 32.1. The van der Waals surface area contributed by atoms with E-state index < -0.39 is 11.6 Å². The van der Waals surface area contributed by atoms with Gasteiger partial charge in [0.25, 0.3) is 0 Å². The van der Waals surface area contributed by atoms with Crippen LogP contribution in [-0.4, -0.2) is 100 Å². The van der Waals surface area contributed by atoms with Crippen molar-refractivity contribution >= 4 is 33.2 Å². The molecular formula is C38H39F2N7O4S. The van der Waals surface area contributed by atoms with Gasteiger partial charge in [0, 0.05) is 92.5 Å². The van der Waals surface area contributed by atoms with Crippen molar-refractivity contribution in [3.05, 3.63) is 83.1 Å². The monoisotopic (exact) mass is 727 g/mol. The zero-order valence-electron chi connectivity index (χ0n) is 29.5. The number of halogens is 2. The summed E-state index contributed by atoms with van der Waals surface area (Å²) in [5, 5.41) is 7.63. The van der Waals surface area contributed by atoms with E-state index in [-0.39, 0.29) is 42.4 Å². The third-order valence-electron chi connectivity index (χ3n) is 9.63. The van der Waals surface area contributed by atoms with E-state index in [1.165, 1.54) is 30.6 Å². The Hall–Kier alpha value is -5.05. The molecule has 14 heteroatoms. The van der Waals surface area contributed by atoms with Crippen molar-refractivity contribution < 1.29 is 27.8 Å². The Kier molecular flexibility index (Phi) is 9.88. The maximum Gasteiger partial charge on any atom is 0.246 e. The number of aromatic nitrogens is 4. The van der Waals surface area contributed by atoms with Crippen molar-refractivity contribution in [3.8, 4) is 39.5 Å². The average molecular weight is 728 g/mol. The lowest BCUT2D eigenvalue weighted by Gasteiger charge is -2.33. The third kappa shape index (κ3) is 6.57. The molecule has 2 aliphatic rings. The minimum atomic E-state index is -0.805. The number of fused-ring (bicyclic) bond motifs is 3. The highest BCUT2D eigenvalue weighted by Gasteiger charge is 2.32. The van der Waals surface area contributed by atoms with Gasteiger partial charge in [-0.3, -0.25) is 24.2 Å². The lowest BCUT2D eigenvalue weighted by Crippen LogP contribution is -2.40. The molecule has 52 heavy (non-hydrogen) atoms. The van der Waals surface area contributed by atoms with Gasteiger partial charge in [-0.15, -0.1) is 11.3 Å². The minimum Gasteiger partial charge on any atom is -0.490 e. The Balaban J connectivity index is 1.42. The number of likely N-dealkylation sites (N-methyl/N-ethyl adjacent to an activating group) is 1. The molecule has 0 radical (unpaired) electrons. The first-order valence-corrected chi connectivity index (χ1v) is 17.9. The van der Waals surface area contributed by atoms with Crippen LogP contribution in [0.4, 0.5) is 8.78 Å². The van der Waals surface area contributed by atoms with E-state index in [2.05, 4.69) is 17.5 Å². The third-order valence-corrected chi connectivity index (χ3v) is 10.6. The van der Waals surface area contributed by atoms with Crippen LogP contribution in [-0.2, 0) is 33.8 Å². The van der Waals surface area contributed by atoms with Crippen molar-refractivity contribution in [2.75, 3.05) is 54.1 Å². The molecule has 0 unspecified atom stereocenters. The van der Waals surface area contributed by atoms with Gasteiger partial charge in [0.15, 0.2) is 0 Å². The fourth-order valence-corrected chi connectivity index (χ4v) is 7.87. The van der Waals surface area contributed by atoms with E-state index >= 15 is 4.39 Å². The van der Waals surface area contributed by atoms with Gasteiger partial charge in [-0.1, -0.05) is 6.58 Å². The van der Waals surface area contributed by atoms with Crippen LogP contribution in [0.25, 0.3) is 43.9 Å². The molecule has 1 atom stereocenters. The zero-order chi connectivity index (χ0) is 36.7. The van der Waals surface area contributed by atoms with Crippen molar-refractivity contribution in [1.29, 1.82) is 0 Å². The zero-order valence-corrected chi connectivity index (χ0v) is 30.3. The number of hydrogen-bond acceptors (Lipinski definition) is 9. The Morgan fingerprint density at radius 2 is 1.92 bits per heavy atom. The molecule has 11 nitrogen and oxygen atoms in total. The number of pyridine rings is 2. The first-order valence-electron chi connectivity index (χ1n) is 17.0. The van der Waals surface area contributed by atoms with Gasteiger partial charge < -0.3 is 19.3 Å². The lowest BCUT2D eigenvalue weighted by molar-refractivity contribution is -0.130. The molecule has 1 aromatic carbocycles. The molecule has 0 aliphatic carbocycles. The second kappa shape index (κ2) is 14.5. The highest BCUT2D eigenvalue weighted by Crippen LogP contribution is 2.47. The number of hydrogen-bond donors (Lipinski definition) is 0. The van der Waals surface area contributed by atoms with Crippen molar-refractivity contribution in [2.24, 2.45) is 0 Å². The molecule has 0 saturated carbocycles. The molecule has 7 rings (SSSR count). The van der Waals surface area contributed by atoms with Crippen LogP contribution in [0.15, 0.2) is 54.6 Å². The fourth-order valence-electron chi connectivity index (χ4n) is 6.92. The van der Waals surface area contributed by atoms with E-state index in [0.717, 1.165) is 40.5 Å². The Labute approximate surface area is 304 Å². The molecule has 2 amide bonds. The predicted octanol–water partition coefficient (Wildman–Crippen LogP) is 5.73. The fraction of sp³-hybridized carbons (Fsp3) is 0.342. The Morgan fingerprint density at radius 3 is 2.69 bits per heavy atom. The van der Waals surface area contributed by atoms with Crippen LogP contribution in [0.5, 0.6) is 5.75 Å². The van der Waals surface area contributed by atoms with Crippen LogP contribution < -0.4 is 4.74 Å². The Bertz CT molecular complexity index is 2200. The quantitative estimate of drug-likeness (QED) is 0.133. The number of rotatable bonds is 10. The highest BCUT2D eigenvalue weighted by molar-refractivity contribution is 7.18. The number of ether oxygens (including phenoxy) is 2. The molecule has 270 valence electrons. The van der Waals surface area contributed by atoms with Crippen molar-refractivity contribution in [2.45, 2.75) is 32.5 Å². The van der Waals surface area contributed by atoms with E-state index in [4.69, 9.17) is 24.5 Å². The molecule has 0 spiro atoms.